The van der Waals surface area contributed by atoms with Crippen LogP contribution >= 0.6 is 0 Å². The predicted octanol–water partition coefficient (Wildman–Crippen LogP) is 4.20. The molecule has 2 N–H and O–H groups in total. The molecule has 5 heteroatoms. The maximum atomic E-state index is 12.9. The summed E-state index contributed by atoms with van der Waals surface area (Å²) in [5, 5.41) is 14.0. The highest BCUT2D eigenvalue weighted by Gasteiger charge is 2.20. The number of anilines is 1. The van der Waals surface area contributed by atoms with Crippen LogP contribution < -0.4 is 5.32 Å². The summed E-state index contributed by atoms with van der Waals surface area (Å²) in [7, 11) is 0. The van der Waals surface area contributed by atoms with Gasteiger partial charge in [0.2, 0.25) is 5.78 Å². The van der Waals surface area contributed by atoms with Crippen molar-refractivity contribution in [3.8, 4) is 0 Å². The number of ketones is 1. The van der Waals surface area contributed by atoms with E-state index in [-0.39, 0.29) is 11.3 Å². The molecule has 0 aliphatic heterocycles. The molecule has 0 saturated carbocycles. The largest absolute Gasteiger partial charge is 0.478 e. The molecule has 0 aromatic heterocycles. The lowest BCUT2D eigenvalue weighted by Crippen LogP contribution is -2.32. The zero-order valence-corrected chi connectivity index (χ0v) is 14.3. The summed E-state index contributed by atoms with van der Waals surface area (Å²) in [6, 6.07) is 19.6. The van der Waals surface area contributed by atoms with Gasteiger partial charge in [0.25, 0.3) is 0 Å². The Balaban J connectivity index is 1.83. The molecule has 0 spiro atoms. The molecule has 1 unspecified atom stereocenters. The first-order chi connectivity index (χ1) is 12.6. The van der Waals surface area contributed by atoms with E-state index < -0.39 is 12.2 Å². The highest BCUT2D eigenvalue weighted by Crippen LogP contribution is 2.19. The van der Waals surface area contributed by atoms with Crippen LogP contribution in [0.2, 0.25) is 0 Å². The van der Waals surface area contributed by atoms with Crippen molar-refractivity contribution in [3.63, 3.8) is 0 Å². The average Bonchev–Trinajstić information content (AvgIpc) is 2.67. The van der Waals surface area contributed by atoms with Gasteiger partial charge in [0.15, 0.2) is 6.23 Å². The maximum Gasteiger partial charge on any atom is 0.335 e. The van der Waals surface area contributed by atoms with Crippen molar-refractivity contribution in [2.45, 2.75) is 13.2 Å². The number of hydrogen-bond donors (Lipinski definition) is 2. The molecule has 0 aliphatic carbocycles. The molecule has 0 aliphatic rings. The number of fused-ring (bicyclic) bond motifs is 1. The van der Waals surface area contributed by atoms with Gasteiger partial charge in [0, 0.05) is 17.9 Å². The van der Waals surface area contributed by atoms with Crippen LogP contribution in [-0.2, 0) is 4.74 Å². The van der Waals surface area contributed by atoms with Crippen LogP contribution in [0.4, 0.5) is 5.69 Å². The third-order valence-corrected chi connectivity index (χ3v) is 4.04. The van der Waals surface area contributed by atoms with Crippen LogP contribution in [0.15, 0.2) is 66.7 Å². The molecule has 26 heavy (non-hydrogen) atoms. The van der Waals surface area contributed by atoms with Crippen LogP contribution in [0.3, 0.4) is 0 Å². The SMILES string of the molecule is CCOC(Nc1ccc(C(=O)O)cc1)C(=O)c1ccc2ccccc2c1. The fraction of sp³-hybridized carbons (Fsp3) is 0.143. The second-order valence-corrected chi connectivity index (χ2v) is 5.79. The Hall–Kier alpha value is -3.18. The van der Waals surface area contributed by atoms with Crippen molar-refractivity contribution in [2.24, 2.45) is 0 Å². The summed E-state index contributed by atoms with van der Waals surface area (Å²) in [4.78, 5) is 23.8. The fourth-order valence-corrected chi connectivity index (χ4v) is 2.70. The number of Topliss-reactive ketones (excluding diaryl/α,β-unsaturated/α-hetero) is 1. The first-order valence-electron chi connectivity index (χ1n) is 8.33. The van der Waals surface area contributed by atoms with Crippen molar-refractivity contribution in [1.82, 2.24) is 0 Å². The van der Waals surface area contributed by atoms with E-state index >= 15 is 0 Å². The van der Waals surface area contributed by atoms with E-state index in [2.05, 4.69) is 5.32 Å². The Morgan fingerprint density at radius 3 is 2.27 bits per heavy atom. The zero-order valence-electron chi connectivity index (χ0n) is 14.3. The molecule has 0 radical (unpaired) electrons. The van der Waals surface area contributed by atoms with Gasteiger partial charge in [-0.05, 0) is 48.0 Å². The monoisotopic (exact) mass is 349 g/mol. The summed E-state index contributed by atoms with van der Waals surface area (Å²) in [5.41, 5.74) is 1.35. The molecule has 1 atom stereocenters. The van der Waals surface area contributed by atoms with E-state index in [1.807, 2.05) is 43.3 Å². The molecular weight excluding hydrogens is 330 g/mol. The van der Waals surface area contributed by atoms with Crippen LogP contribution in [0.5, 0.6) is 0 Å². The van der Waals surface area contributed by atoms with Crippen molar-refractivity contribution in [3.05, 3.63) is 77.9 Å². The molecule has 132 valence electrons. The second-order valence-electron chi connectivity index (χ2n) is 5.79. The predicted molar refractivity (Wildman–Crippen MR) is 101 cm³/mol. The van der Waals surface area contributed by atoms with Gasteiger partial charge < -0.3 is 15.2 Å². The standard InChI is InChI=1S/C21H19NO4/c1-2-26-20(22-18-11-9-15(10-12-18)21(24)25)19(23)17-8-7-14-5-3-4-6-16(14)13-17/h3-13,20,22H,2H2,1H3,(H,24,25). The lowest BCUT2D eigenvalue weighted by molar-refractivity contribution is 0.0549. The van der Waals surface area contributed by atoms with Gasteiger partial charge >= 0.3 is 5.97 Å². The number of carboxylic acid groups (broad SMARTS) is 1. The summed E-state index contributed by atoms with van der Waals surface area (Å²) in [5.74, 6) is -1.18. The van der Waals surface area contributed by atoms with E-state index in [0.717, 1.165) is 10.8 Å². The minimum atomic E-state index is -0.995. The van der Waals surface area contributed by atoms with Gasteiger partial charge in [-0.25, -0.2) is 4.79 Å². The number of ether oxygens (including phenoxy) is 1. The minimum Gasteiger partial charge on any atom is -0.478 e. The molecule has 3 aromatic rings. The summed E-state index contributed by atoms with van der Waals surface area (Å²) < 4.78 is 5.57. The second kappa shape index (κ2) is 7.80. The molecule has 3 aromatic carbocycles. The van der Waals surface area contributed by atoms with Gasteiger partial charge in [-0.15, -0.1) is 0 Å². The number of benzene rings is 3. The molecular formula is C21H19NO4. The Labute approximate surface area is 151 Å². The number of carbonyl (C=O) groups excluding carboxylic acids is 1. The van der Waals surface area contributed by atoms with Crippen molar-refractivity contribution < 1.29 is 19.4 Å². The van der Waals surface area contributed by atoms with E-state index in [4.69, 9.17) is 9.84 Å². The molecule has 0 heterocycles. The first-order valence-corrected chi connectivity index (χ1v) is 8.33. The summed E-state index contributed by atoms with van der Waals surface area (Å²) in [6.45, 7) is 2.18. The van der Waals surface area contributed by atoms with Crippen molar-refractivity contribution in [2.75, 3.05) is 11.9 Å². The number of hydrogen-bond acceptors (Lipinski definition) is 4. The lowest BCUT2D eigenvalue weighted by atomic mass is 10.0. The highest BCUT2D eigenvalue weighted by atomic mass is 16.5. The zero-order chi connectivity index (χ0) is 18.5. The van der Waals surface area contributed by atoms with Crippen LogP contribution in [0.1, 0.15) is 27.6 Å². The Morgan fingerprint density at radius 1 is 0.962 bits per heavy atom. The Kier molecular flexibility index (Phi) is 5.29. The first kappa shape index (κ1) is 17.6. The van der Waals surface area contributed by atoms with Crippen LogP contribution in [-0.4, -0.2) is 29.7 Å². The number of nitrogens with one attached hydrogen (secondary N) is 1. The maximum absolute atomic E-state index is 12.9. The van der Waals surface area contributed by atoms with E-state index in [1.54, 1.807) is 18.2 Å². The van der Waals surface area contributed by atoms with E-state index in [9.17, 15) is 9.59 Å². The van der Waals surface area contributed by atoms with Gasteiger partial charge in [-0.3, -0.25) is 4.79 Å². The third-order valence-electron chi connectivity index (χ3n) is 4.04. The van der Waals surface area contributed by atoms with Crippen molar-refractivity contribution in [1.29, 1.82) is 0 Å². The minimum absolute atomic E-state index is 0.181. The average molecular weight is 349 g/mol. The van der Waals surface area contributed by atoms with E-state index in [0.29, 0.717) is 17.9 Å². The smallest absolute Gasteiger partial charge is 0.335 e. The third kappa shape index (κ3) is 3.90. The quantitative estimate of drug-likeness (QED) is 0.494. The Morgan fingerprint density at radius 2 is 1.62 bits per heavy atom. The molecule has 0 bridgehead atoms. The molecule has 0 fully saturated rings. The van der Waals surface area contributed by atoms with Crippen molar-refractivity contribution >= 4 is 28.2 Å². The number of aromatic carboxylic acids is 1. The normalized spacial score (nSPS) is 11.9. The molecule has 0 saturated heterocycles. The van der Waals surface area contributed by atoms with Gasteiger partial charge in [0.1, 0.15) is 0 Å². The van der Waals surface area contributed by atoms with Gasteiger partial charge in [-0.2, -0.15) is 0 Å². The lowest BCUT2D eigenvalue weighted by Gasteiger charge is -2.19. The number of rotatable bonds is 7. The summed E-state index contributed by atoms with van der Waals surface area (Å²) in [6.07, 6.45) is -0.850. The van der Waals surface area contributed by atoms with Gasteiger partial charge in [0.05, 0.1) is 5.56 Å². The fourth-order valence-electron chi connectivity index (χ4n) is 2.70. The topological polar surface area (TPSA) is 75.6 Å². The molecule has 3 rings (SSSR count). The van der Waals surface area contributed by atoms with Crippen LogP contribution in [0, 0.1) is 0 Å². The Bertz CT molecular complexity index is 934. The molecule has 0 amide bonds. The molecule has 5 nitrogen and oxygen atoms in total. The van der Waals surface area contributed by atoms with Crippen LogP contribution in [0.25, 0.3) is 10.8 Å². The highest BCUT2D eigenvalue weighted by molar-refractivity contribution is 6.03. The van der Waals surface area contributed by atoms with E-state index in [1.165, 1.54) is 12.1 Å². The number of carbonyl (C=O) groups is 2. The summed E-state index contributed by atoms with van der Waals surface area (Å²) >= 11 is 0. The van der Waals surface area contributed by atoms with Gasteiger partial charge in [-0.1, -0.05) is 36.4 Å². The number of carboxylic acids is 1.